The van der Waals surface area contributed by atoms with Gasteiger partial charge in [0.15, 0.2) is 0 Å². The van der Waals surface area contributed by atoms with Crippen molar-refractivity contribution in [2.75, 3.05) is 31.9 Å². The molecule has 2 N–H and O–H groups in total. The molecule has 3 rings (SSSR count). The summed E-state index contributed by atoms with van der Waals surface area (Å²) in [5.74, 6) is 0.835. The molecule has 4 nitrogen and oxygen atoms in total. The third kappa shape index (κ3) is 6.50. The first-order valence-corrected chi connectivity index (χ1v) is 10.6. The number of hydrogen-bond acceptors (Lipinski definition) is 4. The quantitative estimate of drug-likeness (QED) is 0.610. The topological polar surface area (TPSA) is 49.6 Å². The van der Waals surface area contributed by atoms with Crippen LogP contribution < -0.4 is 5.73 Å². The van der Waals surface area contributed by atoms with Gasteiger partial charge in [0, 0.05) is 49.6 Å². The summed E-state index contributed by atoms with van der Waals surface area (Å²) in [7, 11) is 0. The van der Waals surface area contributed by atoms with Gasteiger partial charge < -0.3 is 10.6 Å². The van der Waals surface area contributed by atoms with E-state index in [1.54, 1.807) is 0 Å². The second-order valence-electron chi connectivity index (χ2n) is 7.51. The molecule has 1 heterocycles. The fraction of sp³-hybridized carbons (Fsp3) is 0.500. The molecule has 1 fully saturated rings. The zero-order valence-corrected chi connectivity index (χ0v) is 19.5. The number of rotatable bonds is 7. The van der Waals surface area contributed by atoms with Crippen LogP contribution in [0, 0.1) is 0 Å². The van der Waals surface area contributed by atoms with Gasteiger partial charge >= 0.3 is 0 Å². The highest BCUT2D eigenvalue weighted by atomic mass is 35.5. The number of carbonyl (C=O) groups excluding carboxylic acids is 1. The number of nitrogens with zero attached hydrogens (tertiary/aromatic N) is 2. The smallest absolute Gasteiger partial charge is 0.254 e. The second kappa shape index (κ2) is 12.7. The lowest BCUT2D eigenvalue weighted by Crippen LogP contribution is -2.57. The molecule has 0 spiro atoms. The lowest BCUT2D eigenvalue weighted by molar-refractivity contribution is 0.0450. The van der Waals surface area contributed by atoms with E-state index < -0.39 is 0 Å². The lowest BCUT2D eigenvalue weighted by Gasteiger charge is -2.42. The third-order valence-electron chi connectivity index (χ3n) is 5.51. The number of halogens is 2. The predicted molar refractivity (Wildman–Crippen MR) is 131 cm³/mol. The van der Waals surface area contributed by atoms with Crippen molar-refractivity contribution in [2.45, 2.75) is 38.3 Å². The van der Waals surface area contributed by atoms with Gasteiger partial charge in [-0.3, -0.25) is 9.69 Å². The maximum atomic E-state index is 13.3. The summed E-state index contributed by atoms with van der Waals surface area (Å²) in [4.78, 5) is 17.8. The van der Waals surface area contributed by atoms with Crippen molar-refractivity contribution in [1.29, 1.82) is 0 Å². The first-order chi connectivity index (χ1) is 13.1. The van der Waals surface area contributed by atoms with Gasteiger partial charge in [0.05, 0.1) is 0 Å². The Morgan fingerprint density at radius 1 is 1.17 bits per heavy atom. The fourth-order valence-electron chi connectivity index (χ4n) is 3.97. The molecule has 7 heteroatoms. The van der Waals surface area contributed by atoms with Gasteiger partial charge in [0.25, 0.3) is 5.91 Å². The SMILES string of the molecule is CCCC[C@H]1CN(C(=O)c2cccc3ccccc23)CCN1C[C@@H](N)CS.Cl.Cl. The molecule has 2 aromatic rings. The normalized spacial score (nSPS) is 18.0. The Balaban J connectivity index is 0.00000210. The molecule has 2 atom stereocenters. The molecule has 1 amide bonds. The van der Waals surface area contributed by atoms with Gasteiger partial charge in [-0.25, -0.2) is 0 Å². The molecular formula is C22H33Cl2N3OS. The van der Waals surface area contributed by atoms with Crippen molar-refractivity contribution >= 4 is 54.1 Å². The molecule has 162 valence electrons. The van der Waals surface area contributed by atoms with E-state index in [0.29, 0.717) is 11.8 Å². The Bertz CT molecular complexity index is 771. The Kier molecular flexibility index (Phi) is 11.4. The summed E-state index contributed by atoms with van der Waals surface area (Å²) in [6, 6.07) is 14.6. The van der Waals surface area contributed by atoms with E-state index in [-0.39, 0.29) is 36.8 Å². The van der Waals surface area contributed by atoms with Crippen LogP contribution in [0.25, 0.3) is 10.8 Å². The van der Waals surface area contributed by atoms with Crippen LogP contribution in [0.3, 0.4) is 0 Å². The average molecular weight is 458 g/mol. The highest BCUT2D eigenvalue weighted by Gasteiger charge is 2.30. The first kappa shape index (κ1) is 26.1. The molecule has 0 aromatic heterocycles. The lowest BCUT2D eigenvalue weighted by atomic mass is 10.0. The summed E-state index contributed by atoms with van der Waals surface area (Å²) in [6.07, 6.45) is 3.45. The van der Waals surface area contributed by atoms with E-state index in [1.165, 1.54) is 12.8 Å². The van der Waals surface area contributed by atoms with Crippen molar-refractivity contribution < 1.29 is 4.79 Å². The highest BCUT2D eigenvalue weighted by Crippen LogP contribution is 2.23. The molecule has 29 heavy (non-hydrogen) atoms. The standard InChI is InChI=1S/C22H31N3OS.2ClH/c1-2-3-9-19-15-25(13-12-24(19)14-18(23)16-27)22(26)21-11-6-8-17-7-4-5-10-20(17)21;;/h4-8,10-11,18-19,27H,2-3,9,12-16,23H2,1H3;2*1H/t18-,19+;;/m1../s1. The van der Waals surface area contributed by atoms with Crippen LogP contribution in [0.2, 0.25) is 0 Å². The molecule has 0 radical (unpaired) electrons. The van der Waals surface area contributed by atoms with Crippen LogP contribution in [-0.4, -0.2) is 59.7 Å². The number of benzene rings is 2. The summed E-state index contributed by atoms with van der Waals surface area (Å²) >= 11 is 4.33. The number of piperazine rings is 1. The van der Waals surface area contributed by atoms with Gasteiger partial charge in [-0.2, -0.15) is 12.6 Å². The Morgan fingerprint density at radius 2 is 1.90 bits per heavy atom. The average Bonchev–Trinajstić information content (AvgIpc) is 2.71. The summed E-state index contributed by atoms with van der Waals surface area (Å²) in [5, 5.41) is 2.15. The zero-order valence-electron chi connectivity index (χ0n) is 17.0. The molecule has 0 aliphatic carbocycles. The third-order valence-corrected chi connectivity index (χ3v) is 5.98. The largest absolute Gasteiger partial charge is 0.336 e. The first-order valence-electron chi connectivity index (χ1n) is 10.0. The van der Waals surface area contributed by atoms with Crippen molar-refractivity contribution in [3.05, 3.63) is 48.0 Å². The molecular weight excluding hydrogens is 425 g/mol. The van der Waals surface area contributed by atoms with Crippen LogP contribution in [0.4, 0.5) is 0 Å². The minimum atomic E-state index is 0. The molecule has 1 aliphatic rings. The van der Waals surface area contributed by atoms with Crippen LogP contribution in [0.5, 0.6) is 0 Å². The summed E-state index contributed by atoms with van der Waals surface area (Å²) in [6.45, 7) is 5.48. The zero-order chi connectivity index (χ0) is 19.2. The maximum absolute atomic E-state index is 13.3. The number of nitrogens with two attached hydrogens (primary N) is 1. The minimum absolute atomic E-state index is 0. The van der Waals surface area contributed by atoms with Crippen LogP contribution >= 0.6 is 37.4 Å². The van der Waals surface area contributed by atoms with Crippen LogP contribution in [0.1, 0.15) is 36.5 Å². The van der Waals surface area contributed by atoms with E-state index in [4.69, 9.17) is 5.73 Å². The summed E-state index contributed by atoms with van der Waals surface area (Å²) < 4.78 is 0. The van der Waals surface area contributed by atoms with Gasteiger partial charge in [0.2, 0.25) is 0 Å². The van der Waals surface area contributed by atoms with Crippen molar-refractivity contribution in [3.63, 3.8) is 0 Å². The number of unbranched alkanes of at least 4 members (excludes halogenated alkanes) is 1. The van der Waals surface area contributed by atoms with E-state index >= 15 is 0 Å². The van der Waals surface area contributed by atoms with Gasteiger partial charge in [-0.15, -0.1) is 24.8 Å². The highest BCUT2D eigenvalue weighted by molar-refractivity contribution is 7.80. The summed E-state index contributed by atoms with van der Waals surface area (Å²) in [5.41, 5.74) is 6.95. The van der Waals surface area contributed by atoms with Crippen LogP contribution in [0.15, 0.2) is 42.5 Å². The maximum Gasteiger partial charge on any atom is 0.254 e. The second-order valence-corrected chi connectivity index (χ2v) is 7.88. The van der Waals surface area contributed by atoms with Crippen molar-refractivity contribution in [3.8, 4) is 0 Å². The van der Waals surface area contributed by atoms with Crippen LogP contribution in [-0.2, 0) is 0 Å². The van der Waals surface area contributed by atoms with E-state index in [1.807, 2.05) is 35.2 Å². The number of carbonyl (C=O) groups is 1. The monoisotopic (exact) mass is 457 g/mol. The Morgan fingerprint density at radius 3 is 2.62 bits per heavy atom. The number of hydrogen-bond donors (Lipinski definition) is 2. The molecule has 1 saturated heterocycles. The molecule has 2 aromatic carbocycles. The van der Waals surface area contributed by atoms with E-state index in [2.05, 4.69) is 36.6 Å². The van der Waals surface area contributed by atoms with Gasteiger partial charge in [0.1, 0.15) is 0 Å². The van der Waals surface area contributed by atoms with Gasteiger partial charge in [-0.05, 0) is 23.3 Å². The molecule has 0 bridgehead atoms. The van der Waals surface area contributed by atoms with Crippen molar-refractivity contribution in [1.82, 2.24) is 9.80 Å². The number of amides is 1. The Labute approximate surface area is 192 Å². The van der Waals surface area contributed by atoms with Crippen molar-refractivity contribution in [2.24, 2.45) is 5.73 Å². The molecule has 0 saturated carbocycles. The number of fused-ring (bicyclic) bond motifs is 1. The minimum Gasteiger partial charge on any atom is -0.336 e. The predicted octanol–water partition coefficient (Wildman–Crippen LogP) is 4.26. The Hall–Kier alpha value is -0.980. The fourth-order valence-corrected chi connectivity index (χ4v) is 4.09. The van der Waals surface area contributed by atoms with E-state index in [9.17, 15) is 4.79 Å². The number of thiol groups is 1. The van der Waals surface area contributed by atoms with E-state index in [0.717, 1.165) is 48.9 Å². The molecule has 0 unspecified atom stereocenters. The van der Waals surface area contributed by atoms with Gasteiger partial charge in [-0.1, -0.05) is 56.2 Å². The molecule has 1 aliphatic heterocycles.